The molecular formula is C12H21N. The maximum Gasteiger partial charge on any atom is 0.0261 e. The van der Waals surface area contributed by atoms with E-state index < -0.39 is 0 Å². The predicted octanol–water partition coefficient (Wildman–Crippen LogP) is 3.97. The molecule has 0 bridgehead atoms. The second kappa shape index (κ2) is 7.78. The molecule has 74 valence electrons. The Bertz CT molecular complexity index is 199. The van der Waals surface area contributed by atoms with Gasteiger partial charge in [0.05, 0.1) is 0 Å². The molecule has 0 aliphatic carbocycles. The van der Waals surface area contributed by atoms with Crippen LogP contribution in [0.5, 0.6) is 0 Å². The van der Waals surface area contributed by atoms with Crippen molar-refractivity contribution in [2.24, 2.45) is 10.9 Å². The zero-order chi connectivity index (χ0) is 10.1. The van der Waals surface area contributed by atoms with Crippen molar-refractivity contribution < 1.29 is 0 Å². The van der Waals surface area contributed by atoms with E-state index in [0.717, 1.165) is 6.42 Å². The van der Waals surface area contributed by atoms with Gasteiger partial charge in [0.1, 0.15) is 0 Å². The van der Waals surface area contributed by atoms with Crippen LogP contribution < -0.4 is 0 Å². The molecule has 0 heterocycles. The molecule has 0 N–H and O–H groups in total. The Kier molecular flexibility index (Phi) is 7.27. The Hall–Kier alpha value is -0.850. The quantitative estimate of drug-likeness (QED) is 0.447. The Morgan fingerprint density at radius 1 is 1.38 bits per heavy atom. The Morgan fingerprint density at radius 2 is 2.08 bits per heavy atom. The molecule has 0 fully saturated rings. The second-order valence-electron chi connectivity index (χ2n) is 3.19. The molecule has 0 amide bonds. The molecule has 0 spiro atoms. The minimum Gasteiger partial charge on any atom is -0.269 e. The van der Waals surface area contributed by atoms with Crippen LogP contribution >= 0.6 is 0 Å². The molecule has 0 aromatic rings. The number of nitrogens with zero attached hydrogens (tertiary/aromatic N) is 1. The number of hydrogen-bond acceptors (Lipinski definition) is 1. The van der Waals surface area contributed by atoms with Crippen molar-refractivity contribution in [3.05, 3.63) is 23.9 Å². The lowest BCUT2D eigenvalue weighted by Gasteiger charge is -2.10. The topological polar surface area (TPSA) is 12.4 Å². The van der Waals surface area contributed by atoms with Gasteiger partial charge in [0.2, 0.25) is 0 Å². The van der Waals surface area contributed by atoms with Crippen molar-refractivity contribution in [1.82, 2.24) is 0 Å². The number of aliphatic imine (C=N–C) groups is 1. The monoisotopic (exact) mass is 179 g/mol. The first-order valence-electron chi connectivity index (χ1n) is 5.04. The average molecular weight is 179 g/mol. The number of hydrogen-bond donors (Lipinski definition) is 0. The smallest absolute Gasteiger partial charge is 0.0261 e. The molecule has 0 saturated heterocycles. The van der Waals surface area contributed by atoms with Crippen molar-refractivity contribution >= 4 is 6.21 Å². The summed E-state index contributed by atoms with van der Waals surface area (Å²) in [6.07, 6.45) is 10.3. The summed E-state index contributed by atoms with van der Waals surface area (Å²) >= 11 is 0. The van der Waals surface area contributed by atoms with Crippen LogP contribution in [0, 0.1) is 5.92 Å². The summed E-state index contributed by atoms with van der Waals surface area (Å²) in [6, 6.07) is 0. The summed E-state index contributed by atoms with van der Waals surface area (Å²) in [4.78, 5) is 4.17. The molecule has 0 saturated carbocycles. The summed E-state index contributed by atoms with van der Waals surface area (Å²) in [7, 11) is 0. The van der Waals surface area contributed by atoms with Crippen LogP contribution in [0.3, 0.4) is 0 Å². The second-order valence-corrected chi connectivity index (χ2v) is 3.19. The fourth-order valence-electron chi connectivity index (χ4n) is 1.07. The van der Waals surface area contributed by atoms with E-state index in [1.165, 1.54) is 12.0 Å². The van der Waals surface area contributed by atoms with Crippen molar-refractivity contribution in [3.8, 4) is 0 Å². The lowest BCUT2D eigenvalue weighted by atomic mass is 9.96. The van der Waals surface area contributed by atoms with Crippen molar-refractivity contribution in [2.45, 2.75) is 40.5 Å². The molecule has 0 radical (unpaired) electrons. The lowest BCUT2D eigenvalue weighted by molar-refractivity contribution is 0.640. The molecule has 1 atom stereocenters. The molecule has 0 rings (SSSR count). The first-order chi connectivity index (χ1) is 6.26. The van der Waals surface area contributed by atoms with E-state index in [2.05, 4.69) is 37.9 Å². The van der Waals surface area contributed by atoms with Gasteiger partial charge in [-0.15, -0.1) is 0 Å². The van der Waals surface area contributed by atoms with Crippen LogP contribution in [-0.4, -0.2) is 6.21 Å². The molecule has 1 nitrogen and oxygen atoms in total. The van der Waals surface area contributed by atoms with E-state index in [-0.39, 0.29) is 0 Å². The highest BCUT2D eigenvalue weighted by Gasteiger charge is 2.03. The summed E-state index contributed by atoms with van der Waals surface area (Å²) < 4.78 is 0. The molecule has 0 aromatic carbocycles. The largest absolute Gasteiger partial charge is 0.269 e. The Labute approximate surface area is 82.3 Å². The number of allylic oxidation sites excluding steroid dienone is 3. The Morgan fingerprint density at radius 3 is 2.54 bits per heavy atom. The zero-order valence-electron chi connectivity index (χ0n) is 9.25. The molecule has 1 heteroatoms. The summed E-state index contributed by atoms with van der Waals surface area (Å²) in [5.74, 6) is 0.639. The van der Waals surface area contributed by atoms with E-state index in [9.17, 15) is 0 Å². The first kappa shape index (κ1) is 12.2. The Balaban J connectivity index is 4.34. The first-order valence-corrected chi connectivity index (χ1v) is 5.04. The van der Waals surface area contributed by atoms with Gasteiger partial charge in [-0.25, -0.2) is 0 Å². The number of rotatable bonds is 5. The third-order valence-corrected chi connectivity index (χ3v) is 2.22. The van der Waals surface area contributed by atoms with Gasteiger partial charge in [0, 0.05) is 12.4 Å². The fourth-order valence-corrected chi connectivity index (χ4v) is 1.07. The standard InChI is InChI=1S/C12H21N/c1-5-8-9-12(10-13-7-3)11(4)6-2/h5,7-8,10-11H,6,9H2,1-4H3/b8-5-,12-10+,13-7-. The predicted molar refractivity (Wildman–Crippen MR) is 61.1 cm³/mol. The minimum atomic E-state index is 0.639. The highest BCUT2D eigenvalue weighted by Crippen LogP contribution is 2.18. The third kappa shape index (κ3) is 5.40. The molecule has 1 unspecified atom stereocenters. The van der Waals surface area contributed by atoms with E-state index in [0.29, 0.717) is 5.92 Å². The normalized spacial score (nSPS) is 15.8. The zero-order valence-corrected chi connectivity index (χ0v) is 9.25. The van der Waals surface area contributed by atoms with Gasteiger partial charge in [-0.2, -0.15) is 0 Å². The highest BCUT2D eigenvalue weighted by atomic mass is 14.7. The van der Waals surface area contributed by atoms with Gasteiger partial charge in [0.25, 0.3) is 0 Å². The minimum absolute atomic E-state index is 0.639. The van der Waals surface area contributed by atoms with Crippen LogP contribution in [0.15, 0.2) is 28.9 Å². The van der Waals surface area contributed by atoms with Crippen molar-refractivity contribution in [1.29, 1.82) is 0 Å². The van der Waals surface area contributed by atoms with Gasteiger partial charge < -0.3 is 0 Å². The van der Waals surface area contributed by atoms with Gasteiger partial charge in [0.15, 0.2) is 0 Å². The van der Waals surface area contributed by atoms with Crippen molar-refractivity contribution in [3.63, 3.8) is 0 Å². The molecule has 0 aromatic heterocycles. The lowest BCUT2D eigenvalue weighted by Crippen LogP contribution is -1.96. The third-order valence-electron chi connectivity index (χ3n) is 2.22. The van der Waals surface area contributed by atoms with Gasteiger partial charge in [-0.3, -0.25) is 4.99 Å². The SMILES string of the molecule is C/C=C\C/C(=C\N=C/C)C(C)CC. The van der Waals surface area contributed by atoms with Crippen LogP contribution in [0.1, 0.15) is 40.5 Å². The highest BCUT2D eigenvalue weighted by molar-refractivity contribution is 5.54. The van der Waals surface area contributed by atoms with Gasteiger partial charge in [-0.1, -0.05) is 26.0 Å². The summed E-state index contributed by atoms with van der Waals surface area (Å²) in [6.45, 7) is 8.46. The fraction of sp³-hybridized carbons (Fsp3) is 0.583. The van der Waals surface area contributed by atoms with E-state index in [4.69, 9.17) is 0 Å². The molecule has 0 aliphatic rings. The van der Waals surface area contributed by atoms with Gasteiger partial charge in [-0.05, 0) is 38.2 Å². The molecule has 0 aliphatic heterocycles. The molecular weight excluding hydrogens is 158 g/mol. The van der Waals surface area contributed by atoms with Crippen LogP contribution in [-0.2, 0) is 0 Å². The van der Waals surface area contributed by atoms with E-state index in [1.54, 1.807) is 0 Å². The van der Waals surface area contributed by atoms with Crippen molar-refractivity contribution in [2.75, 3.05) is 0 Å². The van der Waals surface area contributed by atoms with Crippen LogP contribution in [0.2, 0.25) is 0 Å². The maximum absolute atomic E-state index is 4.17. The van der Waals surface area contributed by atoms with E-state index in [1.807, 2.05) is 19.3 Å². The van der Waals surface area contributed by atoms with E-state index >= 15 is 0 Å². The average Bonchev–Trinajstić information content (AvgIpc) is 2.17. The maximum atomic E-state index is 4.17. The summed E-state index contributed by atoms with van der Waals surface area (Å²) in [5, 5.41) is 0. The molecule has 13 heavy (non-hydrogen) atoms. The summed E-state index contributed by atoms with van der Waals surface area (Å²) in [5.41, 5.74) is 1.42. The van der Waals surface area contributed by atoms with Gasteiger partial charge >= 0.3 is 0 Å². The van der Waals surface area contributed by atoms with Crippen LogP contribution in [0.25, 0.3) is 0 Å². The van der Waals surface area contributed by atoms with Crippen LogP contribution in [0.4, 0.5) is 0 Å².